The predicted molar refractivity (Wildman–Crippen MR) is 70.4 cm³/mol. The van der Waals surface area contributed by atoms with Gasteiger partial charge in [0.1, 0.15) is 10.6 Å². The molecular formula is C11H19N3O4S. The van der Waals surface area contributed by atoms with E-state index >= 15 is 0 Å². The van der Waals surface area contributed by atoms with Crippen LogP contribution in [-0.4, -0.2) is 39.2 Å². The molecule has 0 saturated heterocycles. The van der Waals surface area contributed by atoms with Crippen LogP contribution in [0.25, 0.3) is 0 Å². The predicted octanol–water partition coefficient (Wildman–Crippen LogP) is 0.0926. The van der Waals surface area contributed by atoms with Crippen LogP contribution < -0.4 is 10.5 Å². The molecule has 3 N–H and O–H groups in total. The summed E-state index contributed by atoms with van der Waals surface area (Å²) in [6, 6.07) is 1.22. The van der Waals surface area contributed by atoms with Crippen molar-refractivity contribution in [1.29, 1.82) is 0 Å². The third-order valence-electron chi connectivity index (χ3n) is 2.53. The molecule has 0 unspecified atom stereocenters. The van der Waals surface area contributed by atoms with Crippen LogP contribution in [0.2, 0.25) is 0 Å². The summed E-state index contributed by atoms with van der Waals surface area (Å²) in [5.41, 5.74) is 0.259. The van der Waals surface area contributed by atoms with Crippen molar-refractivity contribution in [3.05, 3.63) is 18.0 Å². The Morgan fingerprint density at radius 3 is 2.63 bits per heavy atom. The van der Waals surface area contributed by atoms with Gasteiger partial charge in [-0.1, -0.05) is 0 Å². The molecule has 1 heterocycles. The fourth-order valence-corrected chi connectivity index (χ4v) is 2.11. The molecule has 0 aromatic carbocycles. The Hall–Kier alpha value is -1.38. The van der Waals surface area contributed by atoms with E-state index < -0.39 is 10.0 Å². The van der Waals surface area contributed by atoms with Gasteiger partial charge in [0.15, 0.2) is 0 Å². The molecule has 0 aliphatic heterocycles. The number of aromatic nitrogens is 1. The van der Waals surface area contributed by atoms with Crippen molar-refractivity contribution >= 4 is 15.9 Å². The van der Waals surface area contributed by atoms with Gasteiger partial charge in [-0.05, 0) is 19.9 Å². The SMILES string of the molecule is COCCNC(=O)c1cc(S(N)(=O)=O)cn1C(C)C. The van der Waals surface area contributed by atoms with Gasteiger partial charge in [-0.15, -0.1) is 0 Å². The minimum atomic E-state index is -3.82. The minimum absolute atomic E-state index is 0.0568. The molecular weight excluding hydrogens is 270 g/mol. The Morgan fingerprint density at radius 1 is 1.53 bits per heavy atom. The summed E-state index contributed by atoms with van der Waals surface area (Å²) in [6.45, 7) is 4.43. The van der Waals surface area contributed by atoms with Crippen molar-refractivity contribution in [3.8, 4) is 0 Å². The molecule has 19 heavy (non-hydrogen) atoms. The van der Waals surface area contributed by atoms with E-state index in [1.54, 1.807) is 4.57 Å². The number of rotatable bonds is 6. The van der Waals surface area contributed by atoms with Gasteiger partial charge in [-0.3, -0.25) is 4.79 Å². The van der Waals surface area contributed by atoms with Crippen molar-refractivity contribution in [2.24, 2.45) is 5.14 Å². The topological polar surface area (TPSA) is 103 Å². The van der Waals surface area contributed by atoms with Gasteiger partial charge in [-0.2, -0.15) is 0 Å². The Balaban J connectivity index is 3.05. The molecule has 8 heteroatoms. The lowest BCUT2D eigenvalue weighted by Crippen LogP contribution is -2.29. The number of amides is 1. The second kappa shape index (κ2) is 6.18. The highest BCUT2D eigenvalue weighted by Crippen LogP contribution is 2.17. The number of carbonyl (C=O) groups is 1. The number of sulfonamides is 1. The van der Waals surface area contributed by atoms with Crippen LogP contribution >= 0.6 is 0 Å². The van der Waals surface area contributed by atoms with Crippen LogP contribution in [0.15, 0.2) is 17.2 Å². The molecule has 1 aromatic heterocycles. The summed E-state index contributed by atoms with van der Waals surface area (Å²) >= 11 is 0. The van der Waals surface area contributed by atoms with E-state index in [2.05, 4.69) is 5.32 Å². The second-order valence-corrected chi connectivity index (χ2v) is 5.92. The van der Waals surface area contributed by atoms with Gasteiger partial charge in [0.25, 0.3) is 5.91 Å². The Morgan fingerprint density at radius 2 is 2.16 bits per heavy atom. The van der Waals surface area contributed by atoms with E-state index in [0.29, 0.717) is 13.2 Å². The first kappa shape index (κ1) is 15.7. The van der Waals surface area contributed by atoms with Gasteiger partial charge in [0.05, 0.1) is 6.61 Å². The standard InChI is InChI=1S/C11H19N3O4S/c1-8(2)14-7-9(19(12,16)17)6-10(14)11(15)13-4-5-18-3/h6-8H,4-5H2,1-3H3,(H,13,15)(H2,12,16,17). The number of methoxy groups -OCH3 is 1. The lowest BCUT2D eigenvalue weighted by atomic mass is 10.3. The van der Waals surface area contributed by atoms with Crippen LogP contribution in [0.4, 0.5) is 0 Å². The average molecular weight is 289 g/mol. The van der Waals surface area contributed by atoms with Crippen LogP contribution in [0.1, 0.15) is 30.4 Å². The van der Waals surface area contributed by atoms with E-state index in [-0.39, 0.29) is 22.5 Å². The third-order valence-corrected chi connectivity index (χ3v) is 3.41. The molecule has 1 amide bonds. The molecule has 0 fully saturated rings. The average Bonchev–Trinajstić information content (AvgIpc) is 2.73. The molecule has 0 saturated carbocycles. The number of nitrogens with two attached hydrogens (primary N) is 1. The number of nitrogens with one attached hydrogen (secondary N) is 1. The van der Waals surface area contributed by atoms with Gasteiger partial charge in [0, 0.05) is 25.9 Å². The number of hydrogen-bond acceptors (Lipinski definition) is 4. The van der Waals surface area contributed by atoms with Crippen LogP contribution in [0.5, 0.6) is 0 Å². The Kier molecular flexibility index (Phi) is 5.10. The van der Waals surface area contributed by atoms with Crippen molar-refractivity contribution in [2.75, 3.05) is 20.3 Å². The van der Waals surface area contributed by atoms with E-state index in [1.165, 1.54) is 19.4 Å². The highest BCUT2D eigenvalue weighted by atomic mass is 32.2. The molecule has 1 rings (SSSR count). The smallest absolute Gasteiger partial charge is 0.268 e. The molecule has 0 bridgehead atoms. The number of hydrogen-bond donors (Lipinski definition) is 2. The normalized spacial score (nSPS) is 11.8. The molecule has 0 aliphatic rings. The largest absolute Gasteiger partial charge is 0.383 e. The highest BCUT2D eigenvalue weighted by Gasteiger charge is 2.19. The summed E-state index contributed by atoms with van der Waals surface area (Å²) in [7, 11) is -2.29. The molecule has 0 spiro atoms. The van der Waals surface area contributed by atoms with Gasteiger partial charge >= 0.3 is 0 Å². The number of primary sulfonamides is 1. The van der Waals surface area contributed by atoms with Gasteiger partial charge in [-0.25, -0.2) is 13.6 Å². The van der Waals surface area contributed by atoms with E-state index in [9.17, 15) is 13.2 Å². The van der Waals surface area contributed by atoms with Crippen LogP contribution in [0.3, 0.4) is 0 Å². The fourth-order valence-electron chi connectivity index (χ4n) is 1.58. The summed E-state index contributed by atoms with van der Waals surface area (Å²) in [5.74, 6) is -0.361. The van der Waals surface area contributed by atoms with Gasteiger partial charge < -0.3 is 14.6 Å². The maximum Gasteiger partial charge on any atom is 0.268 e. The first-order chi connectivity index (χ1) is 8.77. The van der Waals surface area contributed by atoms with Crippen LogP contribution in [-0.2, 0) is 14.8 Å². The molecule has 0 aliphatic carbocycles. The quantitative estimate of drug-likeness (QED) is 0.724. The van der Waals surface area contributed by atoms with Crippen molar-refractivity contribution in [2.45, 2.75) is 24.8 Å². The maximum absolute atomic E-state index is 12.0. The Bertz CT molecular complexity index is 548. The third kappa shape index (κ3) is 4.05. The molecule has 7 nitrogen and oxygen atoms in total. The van der Waals surface area contributed by atoms with Gasteiger partial charge in [0.2, 0.25) is 10.0 Å². The summed E-state index contributed by atoms with van der Waals surface area (Å²) in [5, 5.41) is 7.71. The summed E-state index contributed by atoms with van der Waals surface area (Å²) in [6.07, 6.45) is 1.37. The van der Waals surface area contributed by atoms with Crippen molar-refractivity contribution in [1.82, 2.24) is 9.88 Å². The van der Waals surface area contributed by atoms with Crippen molar-refractivity contribution < 1.29 is 17.9 Å². The van der Waals surface area contributed by atoms with E-state index in [4.69, 9.17) is 9.88 Å². The highest BCUT2D eigenvalue weighted by molar-refractivity contribution is 7.89. The lowest BCUT2D eigenvalue weighted by Gasteiger charge is -2.12. The van der Waals surface area contributed by atoms with Crippen molar-refractivity contribution in [3.63, 3.8) is 0 Å². The number of nitrogens with zero attached hydrogens (tertiary/aromatic N) is 1. The number of ether oxygens (including phenoxy) is 1. The summed E-state index contributed by atoms with van der Waals surface area (Å²) < 4.78 is 29.0. The molecule has 108 valence electrons. The fraction of sp³-hybridized carbons (Fsp3) is 0.545. The molecule has 0 radical (unpaired) electrons. The first-order valence-corrected chi connectivity index (χ1v) is 7.33. The van der Waals surface area contributed by atoms with E-state index in [1.807, 2.05) is 13.8 Å². The minimum Gasteiger partial charge on any atom is -0.383 e. The zero-order valence-corrected chi connectivity index (χ0v) is 12.0. The number of carbonyl (C=O) groups excluding carboxylic acids is 1. The first-order valence-electron chi connectivity index (χ1n) is 5.79. The zero-order chi connectivity index (χ0) is 14.6. The Labute approximate surface area is 112 Å². The maximum atomic E-state index is 12.0. The lowest BCUT2D eigenvalue weighted by molar-refractivity contribution is 0.0926. The second-order valence-electron chi connectivity index (χ2n) is 4.36. The van der Waals surface area contributed by atoms with E-state index in [0.717, 1.165) is 0 Å². The van der Waals surface area contributed by atoms with Crippen LogP contribution in [0, 0.1) is 0 Å². The summed E-state index contributed by atoms with van der Waals surface area (Å²) in [4.78, 5) is 11.9. The molecule has 0 atom stereocenters. The zero-order valence-electron chi connectivity index (χ0n) is 11.2. The molecule has 1 aromatic rings. The monoisotopic (exact) mass is 289 g/mol.